The third-order valence-corrected chi connectivity index (χ3v) is 3.22. The molecule has 1 aromatic carbocycles. The first-order chi connectivity index (χ1) is 11.1. The van der Waals surface area contributed by atoms with Crippen molar-refractivity contribution in [3.8, 4) is 5.75 Å². The number of amides is 3. The first kappa shape index (κ1) is 16.3. The Labute approximate surface area is 133 Å². The summed E-state index contributed by atoms with van der Waals surface area (Å²) >= 11 is 0. The SMILES string of the molecule is COc1ccc([C@@H](NC(=O)CNC(N)=O)c2ccncc2)cc1. The van der Waals surface area contributed by atoms with Gasteiger partial charge < -0.3 is 21.1 Å². The zero-order valence-corrected chi connectivity index (χ0v) is 12.7. The molecule has 0 aliphatic heterocycles. The standard InChI is InChI=1S/C16H18N4O3/c1-23-13-4-2-11(3-5-13)15(12-6-8-18-9-7-12)20-14(21)10-19-16(17)22/h2-9,15H,10H2,1H3,(H,20,21)(H3,17,19,22)/t15-/m1/s1. The molecule has 0 saturated heterocycles. The number of nitrogens with two attached hydrogens (primary N) is 1. The van der Waals surface area contributed by atoms with Gasteiger partial charge in [-0.3, -0.25) is 9.78 Å². The Balaban J connectivity index is 2.21. The average molecular weight is 314 g/mol. The summed E-state index contributed by atoms with van der Waals surface area (Å²) in [6, 6.07) is 9.88. The van der Waals surface area contributed by atoms with Gasteiger partial charge in [0.05, 0.1) is 19.7 Å². The van der Waals surface area contributed by atoms with Crippen LogP contribution >= 0.6 is 0 Å². The quantitative estimate of drug-likeness (QED) is 0.738. The fraction of sp³-hybridized carbons (Fsp3) is 0.188. The van der Waals surface area contributed by atoms with E-state index < -0.39 is 6.03 Å². The summed E-state index contributed by atoms with van der Waals surface area (Å²) in [7, 11) is 1.59. The van der Waals surface area contributed by atoms with Crippen LogP contribution in [0, 0.1) is 0 Å². The van der Waals surface area contributed by atoms with Gasteiger partial charge in [0.2, 0.25) is 5.91 Å². The van der Waals surface area contributed by atoms with Crippen LogP contribution in [0.1, 0.15) is 17.2 Å². The number of hydrogen-bond donors (Lipinski definition) is 3. The van der Waals surface area contributed by atoms with E-state index >= 15 is 0 Å². The molecule has 0 aliphatic rings. The molecule has 7 heteroatoms. The van der Waals surface area contributed by atoms with Crippen molar-refractivity contribution in [1.82, 2.24) is 15.6 Å². The van der Waals surface area contributed by atoms with Gasteiger partial charge >= 0.3 is 6.03 Å². The van der Waals surface area contributed by atoms with Crippen LogP contribution < -0.4 is 21.1 Å². The van der Waals surface area contributed by atoms with Crippen molar-refractivity contribution in [3.05, 3.63) is 59.9 Å². The first-order valence-electron chi connectivity index (χ1n) is 6.96. The van der Waals surface area contributed by atoms with Crippen molar-refractivity contribution < 1.29 is 14.3 Å². The summed E-state index contributed by atoms with van der Waals surface area (Å²) in [6.45, 7) is -0.187. The highest BCUT2D eigenvalue weighted by Gasteiger charge is 2.17. The van der Waals surface area contributed by atoms with Crippen molar-refractivity contribution >= 4 is 11.9 Å². The van der Waals surface area contributed by atoms with Crippen LogP contribution in [-0.2, 0) is 4.79 Å². The number of aromatic nitrogens is 1. The molecule has 0 unspecified atom stereocenters. The second kappa shape index (κ2) is 7.79. The molecular weight excluding hydrogens is 296 g/mol. The Hall–Kier alpha value is -3.09. The van der Waals surface area contributed by atoms with Gasteiger partial charge in [0.25, 0.3) is 0 Å². The molecule has 1 heterocycles. The maximum absolute atomic E-state index is 12.0. The van der Waals surface area contributed by atoms with Crippen molar-refractivity contribution in [2.24, 2.45) is 5.73 Å². The number of pyridine rings is 1. The molecule has 120 valence electrons. The topological polar surface area (TPSA) is 106 Å². The van der Waals surface area contributed by atoms with Crippen LogP contribution in [0.5, 0.6) is 5.75 Å². The summed E-state index contributed by atoms with van der Waals surface area (Å²) in [5.41, 5.74) is 6.73. The second-order valence-electron chi connectivity index (χ2n) is 4.77. The van der Waals surface area contributed by atoms with Crippen LogP contribution in [0.3, 0.4) is 0 Å². The predicted octanol–water partition coefficient (Wildman–Crippen LogP) is 0.964. The molecule has 4 N–H and O–H groups in total. The Morgan fingerprint density at radius 3 is 2.30 bits per heavy atom. The maximum Gasteiger partial charge on any atom is 0.312 e. The predicted molar refractivity (Wildman–Crippen MR) is 84.8 cm³/mol. The molecule has 0 radical (unpaired) electrons. The Kier molecular flexibility index (Phi) is 5.51. The number of carbonyl (C=O) groups is 2. The normalized spacial score (nSPS) is 11.3. The number of rotatable bonds is 6. The molecule has 0 aliphatic carbocycles. The number of primary amides is 1. The highest BCUT2D eigenvalue weighted by molar-refractivity contribution is 5.83. The molecule has 2 rings (SSSR count). The van der Waals surface area contributed by atoms with Gasteiger partial charge in [-0.05, 0) is 35.4 Å². The maximum atomic E-state index is 12.0. The monoisotopic (exact) mass is 314 g/mol. The van der Waals surface area contributed by atoms with Gasteiger partial charge in [-0.25, -0.2) is 4.79 Å². The van der Waals surface area contributed by atoms with Crippen molar-refractivity contribution in [2.45, 2.75) is 6.04 Å². The van der Waals surface area contributed by atoms with E-state index in [1.165, 1.54) is 0 Å². The summed E-state index contributed by atoms with van der Waals surface area (Å²) < 4.78 is 5.14. The lowest BCUT2D eigenvalue weighted by molar-refractivity contribution is -0.120. The molecule has 0 fully saturated rings. The number of nitrogens with zero attached hydrogens (tertiary/aromatic N) is 1. The minimum atomic E-state index is -0.745. The summed E-state index contributed by atoms with van der Waals surface area (Å²) in [4.78, 5) is 26.7. The molecule has 23 heavy (non-hydrogen) atoms. The number of ether oxygens (including phenoxy) is 1. The summed E-state index contributed by atoms with van der Waals surface area (Å²) in [5, 5.41) is 5.13. The third-order valence-electron chi connectivity index (χ3n) is 3.22. The van der Waals surface area contributed by atoms with E-state index in [0.29, 0.717) is 0 Å². The van der Waals surface area contributed by atoms with Crippen molar-refractivity contribution in [2.75, 3.05) is 13.7 Å². The molecule has 7 nitrogen and oxygen atoms in total. The van der Waals surface area contributed by atoms with E-state index in [1.807, 2.05) is 36.4 Å². The van der Waals surface area contributed by atoms with Gasteiger partial charge in [-0.1, -0.05) is 12.1 Å². The van der Waals surface area contributed by atoms with Crippen LogP contribution in [0.2, 0.25) is 0 Å². The largest absolute Gasteiger partial charge is 0.497 e. The van der Waals surface area contributed by atoms with Crippen LogP contribution in [0.15, 0.2) is 48.8 Å². The van der Waals surface area contributed by atoms with E-state index in [-0.39, 0.29) is 18.5 Å². The van der Waals surface area contributed by atoms with Crippen LogP contribution in [0.25, 0.3) is 0 Å². The molecular formula is C16H18N4O3. The number of urea groups is 1. The van der Waals surface area contributed by atoms with Gasteiger partial charge in [-0.15, -0.1) is 0 Å². The molecule has 3 amide bonds. The van der Waals surface area contributed by atoms with E-state index in [0.717, 1.165) is 16.9 Å². The fourth-order valence-electron chi connectivity index (χ4n) is 2.09. The number of methoxy groups -OCH3 is 1. The lowest BCUT2D eigenvalue weighted by Gasteiger charge is -2.20. The zero-order valence-electron chi connectivity index (χ0n) is 12.7. The Morgan fingerprint density at radius 1 is 1.13 bits per heavy atom. The lowest BCUT2D eigenvalue weighted by atomic mass is 9.99. The minimum absolute atomic E-state index is 0.187. The number of hydrogen-bond acceptors (Lipinski definition) is 4. The van der Waals surface area contributed by atoms with Gasteiger partial charge in [-0.2, -0.15) is 0 Å². The van der Waals surface area contributed by atoms with E-state index in [1.54, 1.807) is 19.5 Å². The number of nitrogens with one attached hydrogen (secondary N) is 2. The zero-order chi connectivity index (χ0) is 16.7. The average Bonchev–Trinajstić information content (AvgIpc) is 2.59. The minimum Gasteiger partial charge on any atom is -0.497 e. The van der Waals surface area contributed by atoms with E-state index in [2.05, 4.69) is 15.6 Å². The van der Waals surface area contributed by atoms with Gasteiger partial charge in [0, 0.05) is 12.4 Å². The number of carbonyl (C=O) groups excluding carboxylic acids is 2. The van der Waals surface area contributed by atoms with Crippen molar-refractivity contribution in [1.29, 1.82) is 0 Å². The highest BCUT2D eigenvalue weighted by Crippen LogP contribution is 2.23. The lowest BCUT2D eigenvalue weighted by Crippen LogP contribution is -2.40. The van der Waals surface area contributed by atoms with Crippen molar-refractivity contribution in [3.63, 3.8) is 0 Å². The van der Waals surface area contributed by atoms with Crippen LogP contribution in [-0.4, -0.2) is 30.6 Å². The summed E-state index contributed by atoms with van der Waals surface area (Å²) in [5.74, 6) is 0.380. The fourth-order valence-corrected chi connectivity index (χ4v) is 2.09. The first-order valence-corrected chi connectivity index (χ1v) is 6.96. The number of benzene rings is 1. The third kappa shape index (κ3) is 4.70. The summed E-state index contributed by atoms with van der Waals surface area (Å²) in [6.07, 6.45) is 3.30. The van der Waals surface area contributed by atoms with Gasteiger partial charge in [0.1, 0.15) is 5.75 Å². The second-order valence-corrected chi connectivity index (χ2v) is 4.77. The molecule has 0 saturated carbocycles. The highest BCUT2D eigenvalue weighted by atomic mass is 16.5. The Bertz CT molecular complexity index is 659. The van der Waals surface area contributed by atoms with Crippen LogP contribution in [0.4, 0.5) is 4.79 Å². The van der Waals surface area contributed by atoms with E-state index in [4.69, 9.17) is 10.5 Å². The molecule has 1 aromatic heterocycles. The van der Waals surface area contributed by atoms with Gasteiger partial charge in [0.15, 0.2) is 0 Å². The van der Waals surface area contributed by atoms with E-state index in [9.17, 15) is 9.59 Å². The molecule has 1 atom stereocenters. The molecule has 0 spiro atoms. The Morgan fingerprint density at radius 2 is 1.74 bits per heavy atom. The molecule has 2 aromatic rings. The molecule has 0 bridgehead atoms. The smallest absolute Gasteiger partial charge is 0.312 e.